The maximum Gasteiger partial charge on any atom is 0.330 e. The molecule has 2 saturated heterocycles. The van der Waals surface area contributed by atoms with Gasteiger partial charge in [0.1, 0.15) is 18.5 Å². The SMILES string of the molecule is O=c1[nH]c(=O)n([C@H]2C[C@H](F)[C@@H](CO)O2)cc1CN1CCN(Cc2ccccc2)CC1. The fourth-order valence-electron chi connectivity index (χ4n) is 4.07. The second kappa shape index (κ2) is 9.22. The molecule has 2 N–H and O–H groups in total. The van der Waals surface area contributed by atoms with Crippen LogP contribution in [0.25, 0.3) is 0 Å². The molecule has 2 aliphatic heterocycles. The van der Waals surface area contributed by atoms with Crippen molar-refractivity contribution >= 4 is 0 Å². The minimum atomic E-state index is -1.35. The molecule has 0 saturated carbocycles. The van der Waals surface area contributed by atoms with Crippen molar-refractivity contribution < 1.29 is 14.2 Å². The third kappa shape index (κ3) is 4.70. The Labute approximate surface area is 173 Å². The van der Waals surface area contributed by atoms with Gasteiger partial charge < -0.3 is 9.84 Å². The summed E-state index contributed by atoms with van der Waals surface area (Å²) in [6, 6.07) is 10.3. The molecule has 1 aromatic heterocycles. The maximum atomic E-state index is 13.9. The number of aliphatic hydroxyl groups is 1. The number of halogens is 1. The van der Waals surface area contributed by atoms with Gasteiger partial charge in [-0.2, -0.15) is 0 Å². The van der Waals surface area contributed by atoms with E-state index in [2.05, 4.69) is 26.9 Å². The second-order valence-corrected chi connectivity index (χ2v) is 7.92. The lowest BCUT2D eigenvalue weighted by molar-refractivity contribution is -0.0357. The number of hydrogen-bond donors (Lipinski definition) is 2. The Kier molecular flexibility index (Phi) is 6.43. The Morgan fingerprint density at radius 2 is 1.73 bits per heavy atom. The molecule has 8 nitrogen and oxygen atoms in total. The predicted molar refractivity (Wildman–Crippen MR) is 109 cm³/mol. The zero-order valence-electron chi connectivity index (χ0n) is 16.7. The van der Waals surface area contributed by atoms with Crippen LogP contribution in [-0.4, -0.2) is 69.5 Å². The lowest BCUT2D eigenvalue weighted by Gasteiger charge is -2.34. The molecule has 0 radical (unpaired) electrons. The van der Waals surface area contributed by atoms with Gasteiger partial charge >= 0.3 is 5.69 Å². The predicted octanol–water partition coefficient (Wildman–Crippen LogP) is 0.472. The van der Waals surface area contributed by atoms with Gasteiger partial charge in [0.25, 0.3) is 5.56 Å². The van der Waals surface area contributed by atoms with Crippen LogP contribution in [0, 0.1) is 0 Å². The summed E-state index contributed by atoms with van der Waals surface area (Å²) in [4.78, 5) is 31.4. The van der Waals surface area contributed by atoms with Gasteiger partial charge in [0.15, 0.2) is 0 Å². The van der Waals surface area contributed by atoms with Crippen LogP contribution < -0.4 is 11.2 Å². The molecule has 0 amide bonds. The number of piperazine rings is 1. The van der Waals surface area contributed by atoms with E-state index in [0.717, 1.165) is 32.7 Å². The first-order valence-electron chi connectivity index (χ1n) is 10.3. The number of nitrogens with zero attached hydrogens (tertiary/aromatic N) is 3. The van der Waals surface area contributed by atoms with E-state index in [9.17, 15) is 19.1 Å². The quantitative estimate of drug-likeness (QED) is 0.709. The van der Waals surface area contributed by atoms with Crippen LogP contribution >= 0.6 is 0 Å². The average Bonchev–Trinajstić information content (AvgIpc) is 3.12. The molecule has 1 aromatic carbocycles. The van der Waals surface area contributed by atoms with Crippen molar-refractivity contribution in [2.24, 2.45) is 0 Å². The van der Waals surface area contributed by atoms with Gasteiger partial charge in [-0.25, -0.2) is 9.18 Å². The third-order valence-corrected chi connectivity index (χ3v) is 5.80. The van der Waals surface area contributed by atoms with E-state index >= 15 is 0 Å². The first kappa shape index (κ1) is 20.9. The van der Waals surface area contributed by atoms with Crippen LogP contribution in [0.5, 0.6) is 0 Å². The molecule has 2 aliphatic rings. The molecule has 0 aliphatic carbocycles. The van der Waals surface area contributed by atoms with Crippen molar-refractivity contribution in [2.75, 3.05) is 32.8 Å². The molecule has 2 fully saturated rings. The summed E-state index contributed by atoms with van der Waals surface area (Å²) in [6.45, 7) is 4.25. The number of rotatable bonds is 6. The van der Waals surface area contributed by atoms with E-state index < -0.39 is 36.4 Å². The maximum absolute atomic E-state index is 13.9. The van der Waals surface area contributed by atoms with Gasteiger partial charge in [-0.05, 0) is 5.56 Å². The Bertz CT molecular complexity index is 955. The van der Waals surface area contributed by atoms with Gasteiger partial charge in [-0.15, -0.1) is 0 Å². The molecule has 162 valence electrons. The molecular weight excluding hydrogens is 391 g/mol. The summed E-state index contributed by atoms with van der Waals surface area (Å²) in [6.07, 6.45) is -1.69. The highest BCUT2D eigenvalue weighted by Gasteiger charge is 2.36. The monoisotopic (exact) mass is 418 g/mol. The number of benzene rings is 1. The van der Waals surface area contributed by atoms with Crippen molar-refractivity contribution in [1.29, 1.82) is 0 Å². The highest BCUT2D eigenvalue weighted by Crippen LogP contribution is 2.29. The van der Waals surface area contributed by atoms with Crippen LogP contribution in [0.3, 0.4) is 0 Å². The first-order chi connectivity index (χ1) is 14.5. The number of ether oxygens (including phenoxy) is 1. The summed E-state index contributed by atoms with van der Waals surface area (Å²) in [5.41, 5.74) is 0.652. The minimum Gasteiger partial charge on any atom is -0.394 e. The topological polar surface area (TPSA) is 90.8 Å². The summed E-state index contributed by atoms with van der Waals surface area (Å²) in [7, 11) is 0. The van der Waals surface area contributed by atoms with E-state index in [1.54, 1.807) is 0 Å². The molecule has 0 bridgehead atoms. The van der Waals surface area contributed by atoms with E-state index in [-0.39, 0.29) is 6.42 Å². The van der Waals surface area contributed by atoms with Crippen molar-refractivity contribution in [3.05, 3.63) is 68.5 Å². The smallest absolute Gasteiger partial charge is 0.330 e. The highest BCUT2D eigenvalue weighted by molar-refractivity contribution is 5.14. The normalized spacial score (nSPS) is 25.6. The summed E-state index contributed by atoms with van der Waals surface area (Å²) in [5, 5.41) is 9.18. The van der Waals surface area contributed by atoms with Gasteiger partial charge in [-0.3, -0.25) is 24.1 Å². The summed E-state index contributed by atoms with van der Waals surface area (Å²) < 4.78 is 20.6. The van der Waals surface area contributed by atoms with Gasteiger partial charge in [0.05, 0.1) is 6.61 Å². The summed E-state index contributed by atoms with van der Waals surface area (Å²) >= 11 is 0. The molecule has 0 spiro atoms. The largest absolute Gasteiger partial charge is 0.394 e. The fourth-order valence-corrected chi connectivity index (χ4v) is 4.07. The number of H-pyrrole nitrogens is 1. The van der Waals surface area contributed by atoms with Crippen LogP contribution in [0.2, 0.25) is 0 Å². The Hall–Kier alpha value is -2.33. The number of nitrogens with one attached hydrogen (secondary N) is 1. The molecule has 4 rings (SSSR count). The van der Waals surface area contributed by atoms with E-state index in [4.69, 9.17) is 4.74 Å². The molecule has 3 atom stereocenters. The first-order valence-corrected chi connectivity index (χ1v) is 10.3. The lowest BCUT2D eigenvalue weighted by atomic mass is 10.2. The average molecular weight is 418 g/mol. The second-order valence-electron chi connectivity index (χ2n) is 7.92. The zero-order valence-corrected chi connectivity index (χ0v) is 16.7. The molecule has 30 heavy (non-hydrogen) atoms. The number of aromatic amines is 1. The van der Waals surface area contributed by atoms with Gasteiger partial charge in [0.2, 0.25) is 0 Å². The fraction of sp³-hybridized carbons (Fsp3) is 0.524. The highest BCUT2D eigenvalue weighted by atomic mass is 19.1. The van der Waals surface area contributed by atoms with Gasteiger partial charge in [0, 0.05) is 57.4 Å². The van der Waals surface area contributed by atoms with E-state index in [1.807, 2.05) is 18.2 Å². The number of aliphatic hydroxyl groups excluding tert-OH is 1. The molecule has 3 heterocycles. The lowest BCUT2D eigenvalue weighted by Crippen LogP contribution is -2.46. The van der Waals surface area contributed by atoms with E-state index in [1.165, 1.54) is 16.3 Å². The van der Waals surface area contributed by atoms with Crippen LogP contribution in [-0.2, 0) is 17.8 Å². The Morgan fingerprint density at radius 3 is 2.37 bits per heavy atom. The van der Waals surface area contributed by atoms with Crippen LogP contribution in [0.4, 0.5) is 4.39 Å². The number of alkyl halides is 1. The van der Waals surface area contributed by atoms with Crippen LogP contribution in [0.15, 0.2) is 46.1 Å². The van der Waals surface area contributed by atoms with Gasteiger partial charge in [-0.1, -0.05) is 30.3 Å². The third-order valence-electron chi connectivity index (χ3n) is 5.80. The molecular formula is C21H27FN4O4. The Balaban J connectivity index is 1.39. The zero-order chi connectivity index (χ0) is 21.1. The van der Waals surface area contributed by atoms with Crippen molar-refractivity contribution in [3.63, 3.8) is 0 Å². The van der Waals surface area contributed by atoms with Crippen molar-refractivity contribution in [1.82, 2.24) is 19.4 Å². The van der Waals surface area contributed by atoms with Crippen LogP contribution in [0.1, 0.15) is 23.8 Å². The van der Waals surface area contributed by atoms with Crippen molar-refractivity contribution in [2.45, 2.75) is 38.0 Å². The Morgan fingerprint density at radius 1 is 1.07 bits per heavy atom. The molecule has 2 aromatic rings. The van der Waals surface area contributed by atoms with E-state index in [0.29, 0.717) is 12.1 Å². The standard InChI is InChI=1S/C21H27FN4O4/c22-17-10-19(30-18(17)14-27)26-13-16(20(28)23-21(26)29)12-25-8-6-24(7-9-25)11-15-4-2-1-3-5-15/h1-5,13,17-19,27H,6-12,14H2,(H,23,28,29)/t17-,18+,19+/m0/s1. The van der Waals surface area contributed by atoms with Crippen molar-refractivity contribution in [3.8, 4) is 0 Å². The number of aromatic nitrogens is 2. The number of hydrogen-bond acceptors (Lipinski definition) is 6. The minimum absolute atomic E-state index is 0.0330. The summed E-state index contributed by atoms with van der Waals surface area (Å²) in [5.74, 6) is 0. The molecule has 9 heteroatoms. The molecule has 0 unspecified atom stereocenters.